The molecule has 0 aliphatic carbocycles. The second-order valence-corrected chi connectivity index (χ2v) is 8.91. The molecule has 0 aliphatic heterocycles. The van der Waals surface area contributed by atoms with Crippen molar-refractivity contribution in [1.82, 2.24) is 9.46 Å². The van der Waals surface area contributed by atoms with Crippen molar-refractivity contribution in [1.29, 1.82) is 0 Å². The first kappa shape index (κ1) is 23.6. The van der Waals surface area contributed by atoms with E-state index in [4.69, 9.17) is 4.52 Å². The number of amides is 2. The summed E-state index contributed by atoms with van der Waals surface area (Å²) in [6.45, 7) is 5.02. The van der Waals surface area contributed by atoms with Crippen LogP contribution in [-0.2, 0) is 19.6 Å². The van der Waals surface area contributed by atoms with Crippen LogP contribution in [0.5, 0.6) is 0 Å². The number of nitrogens with one attached hydrogen (secondary N) is 2. The summed E-state index contributed by atoms with van der Waals surface area (Å²) in [6.07, 6.45) is 3.52. The molecule has 1 aromatic heterocycles. The third kappa shape index (κ3) is 6.96. The maximum Gasteiger partial charge on any atom is 0.243 e. The zero-order chi connectivity index (χ0) is 22.1. The molecule has 0 saturated carbocycles. The zero-order valence-electron chi connectivity index (χ0n) is 17.5. The number of unbranched alkanes of at least 4 members (excludes halogenated alkanes) is 3. The molecule has 10 heteroatoms. The maximum absolute atomic E-state index is 13.1. The van der Waals surface area contributed by atoms with E-state index < -0.39 is 15.9 Å². The van der Waals surface area contributed by atoms with Crippen molar-refractivity contribution in [2.45, 2.75) is 51.3 Å². The number of carbonyl (C=O) groups is 2. The Labute approximate surface area is 176 Å². The Morgan fingerprint density at radius 3 is 2.37 bits per heavy atom. The van der Waals surface area contributed by atoms with E-state index >= 15 is 0 Å². The predicted molar refractivity (Wildman–Crippen MR) is 114 cm³/mol. The van der Waals surface area contributed by atoms with E-state index in [1.54, 1.807) is 13.0 Å². The minimum Gasteiger partial charge on any atom is -0.360 e. The SMILES string of the molecule is CCCCCCN(CC(=O)Nc1cc(C)on1)S(=O)(=O)c1ccc(NC(C)=O)cc1. The number of hydrogen-bond donors (Lipinski definition) is 2. The summed E-state index contributed by atoms with van der Waals surface area (Å²) in [5.74, 6) is 0.0225. The van der Waals surface area contributed by atoms with E-state index in [-0.39, 0.29) is 29.7 Å². The van der Waals surface area contributed by atoms with E-state index in [0.29, 0.717) is 17.9 Å². The van der Waals surface area contributed by atoms with Gasteiger partial charge in [-0.25, -0.2) is 8.42 Å². The minimum atomic E-state index is -3.90. The van der Waals surface area contributed by atoms with Crippen LogP contribution in [0.15, 0.2) is 39.8 Å². The van der Waals surface area contributed by atoms with Gasteiger partial charge >= 0.3 is 0 Å². The van der Waals surface area contributed by atoms with Crippen LogP contribution in [0.3, 0.4) is 0 Å². The second kappa shape index (κ2) is 10.9. The normalized spacial score (nSPS) is 11.5. The molecular formula is C20H28N4O5S. The average Bonchev–Trinajstić information content (AvgIpc) is 3.08. The van der Waals surface area contributed by atoms with Crippen molar-refractivity contribution in [3.63, 3.8) is 0 Å². The fourth-order valence-corrected chi connectivity index (χ4v) is 4.26. The van der Waals surface area contributed by atoms with Gasteiger partial charge in [0.1, 0.15) is 5.76 Å². The standard InChI is InChI=1S/C20H28N4O5S/c1-4-5-6-7-12-24(14-20(26)22-19-13-15(2)29-23-19)30(27,28)18-10-8-17(9-11-18)21-16(3)25/h8-11,13H,4-7,12,14H2,1-3H3,(H,21,25)(H,22,23,26). The molecule has 1 heterocycles. The molecule has 0 fully saturated rings. The summed E-state index contributed by atoms with van der Waals surface area (Å²) < 4.78 is 32.4. The summed E-state index contributed by atoms with van der Waals surface area (Å²) in [7, 11) is -3.90. The van der Waals surface area contributed by atoms with Gasteiger partial charge in [-0.15, -0.1) is 0 Å². The predicted octanol–water partition coefficient (Wildman–Crippen LogP) is 3.15. The Morgan fingerprint density at radius 1 is 1.10 bits per heavy atom. The van der Waals surface area contributed by atoms with Crippen molar-refractivity contribution in [3.8, 4) is 0 Å². The number of rotatable bonds is 11. The van der Waals surface area contributed by atoms with Crippen LogP contribution in [0, 0.1) is 6.92 Å². The van der Waals surface area contributed by atoms with Crippen molar-refractivity contribution < 1.29 is 22.5 Å². The Morgan fingerprint density at radius 2 is 1.80 bits per heavy atom. The van der Waals surface area contributed by atoms with Gasteiger partial charge in [-0.1, -0.05) is 31.3 Å². The van der Waals surface area contributed by atoms with Crippen LogP contribution in [0.25, 0.3) is 0 Å². The van der Waals surface area contributed by atoms with Crippen molar-refractivity contribution >= 4 is 33.3 Å². The zero-order valence-corrected chi connectivity index (χ0v) is 18.3. The van der Waals surface area contributed by atoms with E-state index in [9.17, 15) is 18.0 Å². The lowest BCUT2D eigenvalue weighted by Crippen LogP contribution is -2.38. The molecule has 2 rings (SSSR count). The van der Waals surface area contributed by atoms with Crippen LogP contribution in [0.2, 0.25) is 0 Å². The molecule has 164 valence electrons. The highest BCUT2D eigenvalue weighted by Crippen LogP contribution is 2.20. The molecule has 2 amide bonds. The first-order valence-electron chi connectivity index (χ1n) is 9.83. The van der Waals surface area contributed by atoms with Gasteiger partial charge in [-0.05, 0) is 37.6 Å². The molecular weight excluding hydrogens is 408 g/mol. The average molecular weight is 437 g/mol. The Hall–Kier alpha value is -2.72. The van der Waals surface area contributed by atoms with E-state index in [2.05, 4.69) is 22.7 Å². The van der Waals surface area contributed by atoms with Crippen LogP contribution in [0.1, 0.15) is 45.3 Å². The molecule has 2 aromatic rings. The fourth-order valence-electron chi connectivity index (χ4n) is 2.83. The van der Waals surface area contributed by atoms with Crippen LogP contribution in [-0.4, -0.2) is 42.8 Å². The highest BCUT2D eigenvalue weighted by molar-refractivity contribution is 7.89. The third-order valence-corrected chi connectivity index (χ3v) is 6.15. The molecule has 0 unspecified atom stereocenters. The summed E-state index contributed by atoms with van der Waals surface area (Å²) >= 11 is 0. The van der Waals surface area contributed by atoms with Crippen molar-refractivity contribution in [2.75, 3.05) is 23.7 Å². The van der Waals surface area contributed by atoms with Gasteiger partial charge in [-0.2, -0.15) is 4.31 Å². The minimum absolute atomic E-state index is 0.0529. The number of hydrogen-bond acceptors (Lipinski definition) is 6. The van der Waals surface area contributed by atoms with E-state index in [1.165, 1.54) is 35.5 Å². The Bertz CT molecular complexity index is 954. The molecule has 0 atom stereocenters. The van der Waals surface area contributed by atoms with Gasteiger partial charge < -0.3 is 15.2 Å². The van der Waals surface area contributed by atoms with E-state index in [1.807, 2.05) is 0 Å². The lowest BCUT2D eigenvalue weighted by atomic mass is 10.2. The third-order valence-electron chi connectivity index (χ3n) is 4.29. The summed E-state index contributed by atoms with van der Waals surface area (Å²) in [6, 6.07) is 7.42. The Balaban J connectivity index is 2.16. The molecule has 0 radical (unpaired) electrons. The Kier molecular flexibility index (Phi) is 8.55. The molecule has 0 bridgehead atoms. The molecule has 1 aromatic carbocycles. The molecule has 9 nitrogen and oxygen atoms in total. The number of aromatic nitrogens is 1. The molecule has 0 aliphatic rings. The summed E-state index contributed by atoms with van der Waals surface area (Å²) in [5.41, 5.74) is 0.495. The summed E-state index contributed by atoms with van der Waals surface area (Å²) in [5, 5.41) is 8.84. The van der Waals surface area contributed by atoms with Gasteiger partial charge in [0, 0.05) is 25.2 Å². The molecule has 2 N–H and O–H groups in total. The smallest absolute Gasteiger partial charge is 0.243 e. The van der Waals surface area contributed by atoms with Gasteiger partial charge in [0.2, 0.25) is 21.8 Å². The first-order valence-corrected chi connectivity index (χ1v) is 11.3. The lowest BCUT2D eigenvalue weighted by Gasteiger charge is -2.21. The second-order valence-electron chi connectivity index (χ2n) is 6.98. The van der Waals surface area contributed by atoms with Crippen molar-refractivity contribution in [2.24, 2.45) is 0 Å². The molecule has 0 saturated heterocycles. The quantitative estimate of drug-likeness (QED) is 0.522. The number of benzene rings is 1. The molecule has 0 spiro atoms. The number of sulfonamides is 1. The highest BCUT2D eigenvalue weighted by Gasteiger charge is 2.26. The number of nitrogens with zero attached hydrogens (tertiary/aromatic N) is 2. The van der Waals surface area contributed by atoms with Gasteiger partial charge in [0.25, 0.3) is 0 Å². The first-order chi connectivity index (χ1) is 14.2. The van der Waals surface area contributed by atoms with Gasteiger partial charge in [0.05, 0.1) is 11.4 Å². The fraction of sp³-hybridized carbons (Fsp3) is 0.450. The van der Waals surface area contributed by atoms with Crippen LogP contribution in [0.4, 0.5) is 11.5 Å². The monoisotopic (exact) mass is 436 g/mol. The lowest BCUT2D eigenvalue weighted by molar-refractivity contribution is -0.116. The number of carbonyl (C=O) groups excluding carboxylic acids is 2. The highest BCUT2D eigenvalue weighted by atomic mass is 32.2. The maximum atomic E-state index is 13.1. The number of anilines is 2. The van der Waals surface area contributed by atoms with E-state index in [0.717, 1.165) is 19.3 Å². The summed E-state index contributed by atoms with van der Waals surface area (Å²) in [4.78, 5) is 23.6. The number of aryl methyl sites for hydroxylation is 1. The van der Waals surface area contributed by atoms with Crippen LogP contribution < -0.4 is 10.6 Å². The van der Waals surface area contributed by atoms with Gasteiger partial charge in [-0.3, -0.25) is 9.59 Å². The largest absolute Gasteiger partial charge is 0.360 e. The molecule has 30 heavy (non-hydrogen) atoms. The van der Waals surface area contributed by atoms with Gasteiger partial charge in [0.15, 0.2) is 5.82 Å². The van der Waals surface area contributed by atoms with Crippen molar-refractivity contribution in [3.05, 3.63) is 36.1 Å². The topological polar surface area (TPSA) is 122 Å². The van der Waals surface area contributed by atoms with Crippen LogP contribution >= 0.6 is 0 Å².